The van der Waals surface area contributed by atoms with Gasteiger partial charge in [-0.15, -0.1) is 0 Å². The predicted molar refractivity (Wildman–Crippen MR) is 50.3 cm³/mol. The van der Waals surface area contributed by atoms with E-state index in [0.717, 1.165) is 32.8 Å². The second kappa shape index (κ2) is 5.95. The van der Waals surface area contributed by atoms with Gasteiger partial charge in [-0.3, -0.25) is 4.90 Å². The normalized spacial score (nSPS) is 20.6. The summed E-state index contributed by atoms with van der Waals surface area (Å²) in [6.45, 7) is 6.12. The maximum absolute atomic E-state index is 10.4. The molecule has 0 aromatic carbocycles. The average molecular weight is 203 g/mol. The Bertz CT molecular complexity index is 180. The molecular weight excluding hydrogens is 186 g/mol. The van der Waals surface area contributed by atoms with Gasteiger partial charge >= 0.3 is 5.97 Å². The maximum Gasteiger partial charge on any atom is 0.332 e. The molecule has 1 aliphatic rings. The summed E-state index contributed by atoms with van der Waals surface area (Å²) in [6, 6.07) is 0. The largest absolute Gasteiger partial charge is 0.479 e. The number of rotatable bonds is 5. The minimum Gasteiger partial charge on any atom is -0.479 e. The van der Waals surface area contributed by atoms with E-state index in [9.17, 15) is 4.79 Å². The quantitative estimate of drug-likeness (QED) is 0.671. The fourth-order valence-corrected chi connectivity index (χ4v) is 1.25. The van der Waals surface area contributed by atoms with Gasteiger partial charge in [0.25, 0.3) is 0 Å². The second-order valence-corrected chi connectivity index (χ2v) is 3.31. The number of aliphatic carboxylic acids is 1. The number of morpholine rings is 1. The van der Waals surface area contributed by atoms with Crippen molar-refractivity contribution in [3.8, 4) is 0 Å². The summed E-state index contributed by atoms with van der Waals surface area (Å²) in [5.41, 5.74) is 0. The smallest absolute Gasteiger partial charge is 0.332 e. The van der Waals surface area contributed by atoms with E-state index < -0.39 is 12.1 Å². The Morgan fingerprint density at radius 3 is 2.79 bits per heavy atom. The predicted octanol–water partition coefficient (Wildman–Crippen LogP) is -0.192. The molecule has 1 heterocycles. The van der Waals surface area contributed by atoms with Crippen LogP contribution >= 0.6 is 0 Å². The summed E-state index contributed by atoms with van der Waals surface area (Å²) in [5.74, 6) is -0.910. The van der Waals surface area contributed by atoms with Crippen molar-refractivity contribution in [2.45, 2.75) is 13.0 Å². The maximum atomic E-state index is 10.4. The van der Waals surface area contributed by atoms with Crippen molar-refractivity contribution in [2.75, 3.05) is 39.5 Å². The van der Waals surface area contributed by atoms with Crippen LogP contribution in [-0.2, 0) is 14.3 Å². The van der Waals surface area contributed by atoms with Crippen LogP contribution in [0.15, 0.2) is 0 Å². The van der Waals surface area contributed by atoms with Gasteiger partial charge in [-0.05, 0) is 6.92 Å². The van der Waals surface area contributed by atoms with Crippen LogP contribution in [0.5, 0.6) is 0 Å². The third-order valence-corrected chi connectivity index (χ3v) is 2.23. The van der Waals surface area contributed by atoms with Gasteiger partial charge in [-0.25, -0.2) is 4.79 Å². The molecule has 1 fully saturated rings. The first-order valence-electron chi connectivity index (χ1n) is 4.84. The lowest BCUT2D eigenvalue weighted by molar-refractivity contribution is -0.149. The van der Waals surface area contributed by atoms with Gasteiger partial charge in [-0.2, -0.15) is 0 Å². The molecule has 0 spiro atoms. The number of hydrogen-bond donors (Lipinski definition) is 1. The van der Waals surface area contributed by atoms with Crippen LogP contribution in [0, 0.1) is 0 Å². The fourth-order valence-electron chi connectivity index (χ4n) is 1.25. The van der Waals surface area contributed by atoms with Crippen molar-refractivity contribution in [1.82, 2.24) is 4.90 Å². The molecule has 5 heteroatoms. The Morgan fingerprint density at radius 1 is 1.57 bits per heavy atom. The van der Waals surface area contributed by atoms with Crippen molar-refractivity contribution in [1.29, 1.82) is 0 Å². The standard InChI is InChI=1S/C9H17NO4/c1-8(9(11)12)14-7-4-10-2-5-13-6-3-10/h8H,2-7H2,1H3,(H,11,12). The van der Waals surface area contributed by atoms with Crippen molar-refractivity contribution in [2.24, 2.45) is 0 Å². The number of nitrogens with zero attached hydrogens (tertiary/aromatic N) is 1. The molecule has 1 unspecified atom stereocenters. The summed E-state index contributed by atoms with van der Waals surface area (Å²) in [6.07, 6.45) is -0.712. The highest BCUT2D eigenvalue weighted by Crippen LogP contribution is 1.97. The van der Waals surface area contributed by atoms with E-state index in [1.807, 2.05) is 0 Å². The molecule has 1 rings (SSSR count). The van der Waals surface area contributed by atoms with E-state index in [-0.39, 0.29) is 0 Å². The molecule has 0 aromatic rings. The summed E-state index contributed by atoms with van der Waals surface area (Å²) < 4.78 is 10.3. The summed E-state index contributed by atoms with van der Waals surface area (Å²) in [5, 5.41) is 8.56. The third-order valence-electron chi connectivity index (χ3n) is 2.23. The van der Waals surface area contributed by atoms with Crippen molar-refractivity contribution >= 4 is 5.97 Å². The molecule has 0 aromatic heterocycles. The van der Waals surface area contributed by atoms with Crippen LogP contribution in [0.25, 0.3) is 0 Å². The van der Waals surface area contributed by atoms with E-state index >= 15 is 0 Å². The van der Waals surface area contributed by atoms with Crippen LogP contribution in [0.1, 0.15) is 6.92 Å². The Hall–Kier alpha value is -0.650. The molecular formula is C9H17NO4. The van der Waals surface area contributed by atoms with Crippen LogP contribution in [0.3, 0.4) is 0 Å². The molecule has 0 bridgehead atoms. The third kappa shape index (κ3) is 4.04. The lowest BCUT2D eigenvalue weighted by Gasteiger charge is -2.26. The van der Waals surface area contributed by atoms with Crippen LogP contribution in [-0.4, -0.2) is 61.5 Å². The fraction of sp³-hybridized carbons (Fsp3) is 0.889. The highest BCUT2D eigenvalue weighted by atomic mass is 16.5. The molecule has 14 heavy (non-hydrogen) atoms. The summed E-state index contributed by atoms with van der Waals surface area (Å²) in [7, 11) is 0. The minimum atomic E-state index is -0.910. The van der Waals surface area contributed by atoms with Crippen LogP contribution in [0.4, 0.5) is 0 Å². The van der Waals surface area contributed by atoms with E-state index in [2.05, 4.69) is 4.90 Å². The van der Waals surface area contributed by atoms with Crippen molar-refractivity contribution in [3.05, 3.63) is 0 Å². The molecule has 0 saturated carbocycles. The summed E-state index contributed by atoms with van der Waals surface area (Å²) in [4.78, 5) is 12.6. The minimum absolute atomic E-state index is 0.466. The Labute approximate surface area is 83.6 Å². The van der Waals surface area contributed by atoms with Crippen LogP contribution < -0.4 is 0 Å². The molecule has 0 aliphatic carbocycles. The van der Waals surface area contributed by atoms with Gasteiger partial charge < -0.3 is 14.6 Å². The first kappa shape index (κ1) is 11.4. The molecule has 1 aliphatic heterocycles. The first-order chi connectivity index (χ1) is 6.70. The molecule has 5 nitrogen and oxygen atoms in total. The second-order valence-electron chi connectivity index (χ2n) is 3.31. The Balaban J connectivity index is 2.05. The number of ether oxygens (including phenoxy) is 2. The number of hydrogen-bond acceptors (Lipinski definition) is 4. The summed E-state index contributed by atoms with van der Waals surface area (Å²) >= 11 is 0. The van der Waals surface area contributed by atoms with E-state index in [1.165, 1.54) is 0 Å². The van der Waals surface area contributed by atoms with Crippen molar-refractivity contribution in [3.63, 3.8) is 0 Å². The van der Waals surface area contributed by atoms with Gasteiger partial charge in [0, 0.05) is 19.6 Å². The van der Waals surface area contributed by atoms with Gasteiger partial charge in [0.1, 0.15) is 0 Å². The molecule has 82 valence electrons. The van der Waals surface area contributed by atoms with Gasteiger partial charge in [0.15, 0.2) is 6.10 Å². The lowest BCUT2D eigenvalue weighted by Crippen LogP contribution is -2.39. The van der Waals surface area contributed by atoms with E-state index in [0.29, 0.717) is 6.61 Å². The topological polar surface area (TPSA) is 59.0 Å². The van der Waals surface area contributed by atoms with E-state index in [4.69, 9.17) is 14.6 Å². The van der Waals surface area contributed by atoms with Gasteiger partial charge in [0.2, 0.25) is 0 Å². The molecule has 1 atom stereocenters. The zero-order valence-corrected chi connectivity index (χ0v) is 8.44. The average Bonchev–Trinajstić information content (AvgIpc) is 2.19. The Morgan fingerprint density at radius 2 is 2.21 bits per heavy atom. The number of carbonyl (C=O) groups is 1. The molecule has 1 N–H and O–H groups in total. The van der Waals surface area contributed by atoms with Crippen LogP contribution in [0.2, 0.25) is 0 Å². The Kier molecular flexibility index (Phi) is 4.86. The van der Waals surface area contributed by atoms with Crippen molar-refractivity contribution < 1.29 is 19.4 Å². The molecule has 0 amide bonds. The molecule has 0 radical (unpaired) electrons. The monoisotopic (exact) mass is 203 g/mol. The highest BCUT2D eigenvalue weighted by Gasteiger charge is 2.13. The zero-order valence-electron chi connectivity index (χ0n) is 8.44. The molecule has 1 saturated heterocycles. The number of carboxylic acid groups (broad SMARTS) is 1. The number of carboxylic acids is 1. The lowest BCUT2D eigenvalue weighted by atomic mass is 10.4. The van der Waals surface area contributed by atoms with Gasteiger partial charge in [-0.1, -0.05) is 0 Å². The zero-order chi connectivity index (χ0) is 10.4. The highest BCUT2D eigenvalue weighted by molar-refractivity contribution is 5.71. The SMILES string of the molecule is CC(OCCN1CCOCC1)C(=O)O. The van der Waals surface area contributed by atoms with Gasteiger partial charge in [0.05, 0.1) is 19.8 Å². The first-order valence-corrected chi connectivity index (χ1v) is 4.84. The van der Waals surface area contributed by atoms with E-state index in [1.54, 1.807) is 6.92 Å².